The first-order valence-electron chi connectivity index (χ1n) is 4.24. The van der Waals surface area contributed by atoms with Crippen LogP contribution in [0.5, 0.6) is 0 Å². The van der Waals surface area contributed by atoms with Gasteiger partial charge < -0.3 is 0 Å². The summed E-state index contributed by atoms with van der Waals surface area (Å²) in [6, 6.07) is 8.03. The Morgan fingerprint density at radius 3 is 2.54 bits per heavy atom. The normalized spacial score (nSPS) is 16.8. The minimum absolute atomic E-state index is 0.801. The maximum atomic E-state index is 5.83. The van der Waals surface area contributed by atoms with Crippen molar-refractivity contribution in [1.82, 2.24) is 0 Å². The first kappa shape index (κ1) is 9.10. The van der Waals surface area contributed by atoms with Gasteiger partial charge in [0.1, 0.15) is 7.05 Å². The number of benzene rings is 1. The standard InChI is InChI=1S/C10H11ClNS/c1-12-6-7-13-10(12)8-2-4-9(11)5-3-8/h2-5H,6-7H2,1H3/q+1. The Kier molecular flexibility index (Phi) is 2.61. The quantitative estimate of drug-likeness (QED) is 0.647. The topological polar surface area (TPSA) is 3.01 Å². The summed E-state index contributed by atoms with van der Waals surface area (Å²) in [6.45, 7) is 1.14. The summed E-state index contributed by atoms with van der Waals surface area (Å²) < 4.78 is 2.29. The molecule has 0 fully saturated rings. The Labute approximate surface area is 87.4 Å². The molecule has 0 radical (unpaired) electrons. The molecule has 1 aromatic carbocycles. The van der Waals surface area contributed by atoms with E-state index in [9.17, 15) is 0 Å². The smallest absolute Gasteiger partial charge is 0.226 e. The molecule has 1 aromatic rings. The van der Waals surface area contributed by atoms with Crippen molar-refractivity contribution in [3.63, 3.8) is 0 Å². The van der Waals surface area contributed by atoms with Crippen LogP contribution in [0.25, 0.3) is 0 Å². The summed E-state index contributed by atoms with van der Waals surface area (Å²) >= 11 is 7.73. The van der Waals surface area contributed by atoms with Crippen molar-refractivity contribution in [1.29, 1.82) is 0 Å². The Balaban J connectivity index is 2.36. The first-order valence-corrected chi connectivity index (χ1v) is 5.60. The Morgan fingerprint density at radius 1 is 1.31 bits per heavy atom. The molecule has 1 heterocycles. The number of halogens is 1. The van der Waals surface area contributed by atoms with Crippen molar-refractivity contribution >= 4 is 28.4 Å². The number of hydrogen-bond donors (Lipinski definition) is 0. The van der Waals surface area contributed by atoms with E-state index < -0.39 is 0 Å². The molecule has 1 nitrogen and oxygen atoms in total. The summed E-state index contributed by atoms with van der Waals surface area (Å²) in [5.41, 5.74) is 1.27. The van der Waals surface area contributed by atoms with Crippen LogP contribution in [0.15, 0.2) is 24.3 Å². The molecular weight excluding hydrogens is 202 g/mol. The first-order chi connectivity index (χ1) is 6.27. The minimum atomic E-state index is 0.801. The third-order valence-corrected chi connectivity index (χ3v) is 3.56. The van der Waals surface area contributed by atoms with E-state index in [4.69, 9.17) is 11.6 Å². The van der Waals surface area contributed by atoms with Crippen molar-refractivity contribution in [2.75, 3.05) is 19.3 Å². The van der Waals surface area contributed by atoms with Crippen LogP contribution >= 0.6 is 23.4 Å². The zero-order chi connectivity index (χ0) is 9.26. The lowest BCUT2D eigenvalue weighted by atomic mass is 10.2. The molecule has 0 unspecified atom stereocenters. The molecule has 68 valence electrons. The molecule has 1 aliphatic rings. The molecule has 0 bridgehead atoms. The van der Waals surface area contributed by atoms with Crippen molar-refractivity contribution in [2.24, 2.45) is 0 Å². The predicted octanol–water partition coefficient (Wildman–Crippen LogP) is 2.48. The lowest BCUT2D eigenvalue weighted by molar-refractivity contribution is -0.485. The monoisotopic (exact) mass is 212 g/mol. The molecule has 0 aromatic heterocycles. The van der Waals surface area contributed by atoms with Gasteiger partial charge in [0, 0.05) is 5.02 Å². The zero-order valence-corrected chi connectivity index (χ0v) is 9.03. The Hall–Kier alpha value is -0.470. The van der Waals surface area contributed by atoms with Crippen molar-refractivity contribution in [3.05, 3.63) is 34.9 Å². The molecule has 1 aliphatic heterocycles. The van der Waals surface area contributed by atoms with Gasteiger partial charge in [-0.05, 0) is 24.3 Å². The molecule has 0 saturated heterocycles. The van der Waals surface area contributed by atoms with E-state index in [0.29, 0.717) is 0 Å². The van der Waals surface area contributed by atoms with Gasteiger partial charge in [-0.3, -0.25) is 0 Å². The van der Waals surface area contributed by atoms with Crippen LogP contribution in [0, 0.1) is 0 Å². The van der Waals surface area contributed by atoms with E-state index in [-0.39, 0.29) is 0 Å². The van der Waals surface area contributed by atoms with E-state index in [2.05, 4.69) is 23.8 Å². The van der Waals surface area contributed by atoms with Crippen LogP contribution in [-0.4, -0.2) is 29.0 Å². The fourth-order valence-corrected chi connectivity index (χ4v) is 2.69. The van der Waals surface area contributed by atoms with Crippen molar-refractivity contribution in [2.45, 2.75) is 0 Å². The third kappa shape index (κ3) is 1.89. The Bertz CT molecular complexity index is 342. The van der Waals surface area contributed by atoms with Gasteiger partial charge in [0.25, 0.3) is 0 Å². The largest absolute Gasteiger partial charge is 0.242 e. The van der Waals surface area contributed by atoms with Gasteiger partial charge in [0.2, 0.25) is 5.04 Å². The van der Waals surface area contributed by atoms with Gasteiger partial charge in [-0.2, -0.15) is 0 Å². The minimum Gasteiger partial charge on any atom is -0.226 e. The lowest BCUT2D eigenvalue weighted by Crippen LogP contribution is -2.09. The van der Waals surface area contributed by atoms with Gasteiger partial charge in [0.15, 0.2) is 6.54 Å². The van der Waals surface area contributed by atoms with Crippen LogP contribution in [-0.2, 0) is 0 Å². The second-order valence-corrected chi connectivity index (χ2v) is 4.60. The second kappa shape index (κ2) is 3.72. The number of nitrogens with zero attached hydrogens (tertiary/aromatic N) is 1. The molecule has 0 aliphatic carbocycles. The molecule has 13 heavy (non-hydrogen) atoms. The lowest BCUT2D eigenvalue weighted by Gasteiger charge is -1.96. The highest BCUT2D eigenvalue weighted by molar-refractivity contribution is 8.14. The summed E-state index contributed by atoms with van der Waals surface area (Å²) in [6.07, 6.45) is 0. The van der Waals surface area contributed by atoms with Crippen LogP contribution in [0.1, 0.15) is 5.56 Å². The van der Waals surface area contributed by atoms with Gasteiger partial charge in [0.05, 0.1) is 11.3 Å². The van der Waals surface area contributed by atoms with Crippen molar-refractivity contribution < 1.29 is 4.58 Å². The van der Waals surface area contributed by atoms with E-state index in [1.165, 1.54) is 16.4 Å². The summed E-state index contributed by atoms with van der Waals surface area (Å²) in [4.78, 5) is 0. The molecule has 0 atom stereocenters. The molecule has 0 saturated carbocycles. The highest BCUT2D eigenvalue weighted by Crippen LogP contribution is 2.19. The molecule has 0 N–H and O–H groups in total. The predicted molar refractivity (Wildman–Crippen MR) is 59.1 cm³/mol. The maximum Gasteiger partial charge on any atom is 0.242 e. The third-order valence-electron chi connectivity index (χ3n) is 2.10. The molecular formula is C10H11ClNS+. The average Bonchev–Trinajstić information content (AvgIpc) is 2.53. The molecule has 3 heteroatoms. The summed E-state index contributed by atoms with van der Waals surface area (Å²) in [7, 11) is 2.13. The van der Waals surface area contributed by atoms with Gasteiger partial charge in [-0.15, -0.1) is 0 Å². The van der Waals surface area contributed by atoms with Crippen LogP contribution < -0.4 is 0 Å². The van der Waals surface area contributed by atoms with E-state index in [1.807, 2.05) is 23.9 Å². The Morgan fingerprint density at radius 2 is 2.00 bits per heavy atom. The van der Waals surface area contributed by atoms with E-state index >= 15 is 0 Å². The van der Waals surface area contributed by atoms with Crippen LogP contribution in [0.4, 0.5) is 0 Å². The fraction of sp³-hybridized carbons (Fsp3) is 0.300. The van der Waals surface area contributed by atoms with Crippen LogP contribution in [0.2, 0.25) is 5.02 Å². The highest BCUT2D eigenvalue weighted by Gasteiger charge is 2.20. The zero-order valence-electron chi connectivity index (χ0n) is 7.46. The molecule has 2 rings (SSSR count). The van der Waals surface area contributed by atoms with Crippen molar-refractivity contribution in [3.8, 4) is 0 Å². The number of thioether (sulfide) groups is 1. The van der Waals surface area contributed by atoms with Crippen LogP contribution in [0.3, 0.4) is 0 Å². The summed E-state index contributed by atoms with van der Waals surface area (Å²) in [5, 5.41) is 2.16. The molecule has 0 amide bonds. The van der Waals surface area contributed by atoms with Gasteiger partial charge >= 0.3 is 0 Å². The fourth-order valence-electron chi connectivity index (χ4n) is 1.39. The SMILES string of the molecule is C[N+]1=C(c2ccc(Cl)cc2)SCC1. The van der Waals surface area contributed by atoms with Gasteiger partial charge in [-0.1, -0.05) is 23.4 Å². The summed E-state index contributed by atoms with van der Waals surface area (Å²) in [5.74, 6) is 1.19. The maximum absolute atomic E-state index is 5.83. The average molecular weight is 213 g/mol. The van der Waals surface area contributed by atoms with Gasteiger partial charge in [-0.25, -0.2) is 4.58 Å². The second-order valence-electron chi connectivity index (χ2n) is 3.08. The van der Waals surface area contributed by atoms with E-state index in [0.717, 1.165) is 11.6 Å². The highest BCUT2D eigenvalue weighted by atomic mass is 35.5. The number of rotatable bonds is 1. The molecule has 0 spiro atoms. The number of hydrogen-bond acceptors (Lipinski definition) is 1. The van der Waals surface area contributed by atoms with E-state index in [1.54, 1.807) is 0 Å².